The summed E-state index contributed by atoms with van der Waals surface area (Å²) in [6.07, 6.45) is -7.74. The molecule has 2 aromatic carbocycles. The zero-order chi connectivity index (χ0) is 33.8. The van der Waals surface area contributed by atoms with Gasteiger partial charge >= 0.3 is 11.9 Å². The monoisotopic (exact) mass is 677 g/mol. The molecule has 0 saturated carbocycles. The highest BCUT2D eigenvalue weighted by atomic mass is 17.2. The lowest BCUT2D eigenvalue weighted by molar-refractivity contribution is -0.376. The Morgan fingerprint density at radius 3 is 2.62 bits per heavy atom. The summed E-state index contributed by atoms with van der Waals surface area (Å²) in [6.45, 7) is -0.172. The predicted molar refractivity (Wildman–Crippen MR) is 157 cm³/mol. The first kappa shape index (κ1) is 33.3. The van der Waals surface area contributed by atoms with Crippen LogP contribution in [-0.4, -0.2) is 104 Å². The minimum absolute atomic E-state index is 0.00197. The number of benzene rings is 2. The summed E-state index contributed by atoms with van der Waals surface area (Å²) >= 11 is 0. The van der Waals surface area contributed by atoms with Crippen molar-refractivity contribution in [2.45, 2.75) is 55.6 Å². The summed E-state index contributed by atoms with van der Waals surface area (Å²) in [6, 6.07) is 8.68. The fraction of sp³-hybridized carbons (Fsp3) is 0.500. The van der Waals surface area contributed by atoms with Gasteiger partial charge < -0.3 is 59.1 Å². The van der Waals surface area contributed by atoms with Crippen molar-refractivity contribution in [3.8, 4) is 28.7 Å². The van der Waals surface area contributed by atoms with Crippen LogP contribution < -0.4 is 35.0 Å². The Morgan fingerprint density at radius 1 is 1.04 bits per heavy atom. The SMILES string of the molecule is CN=C(N)NO[C@H]1[C@@H](OOc2ccc3c(c2)[C@@H]2Oc4cc5c(cc4[C@H]2CO3)OCO5)[C@H](O)O[C@H](COC(=O)CC(=O)O)[C@H]1OCCCO. The van der Waals surface area contributed by atoms with Crippen LogP contribution in [0, 0.1) is 0 Å². The van der Waals surface area contributed by atoms with Crippen molar-refractivity contribution in [1.82, 2.24) is 5.48 Å². The van der Waals surface area contributed by atoms with Crippen molar-refractivity contribution in [2.24, 2.45) is 10.7 Å². The second-order valence-corrected chi connectivity index (χ2v) is 11.1. The number of esters is 1. The lowest BCUT2D eigenvalue weighted by atomic mass is 9.89. The standard InChI is InChI=1S/C30H35N3O15/c1-32-30(31)33-46-27-26(39-6-2-5-34)22(12-41-24(37)10-23(35)36)45-29(38)28(27)48-47-14-3-4-18-16(7-14)25-17(11-40-18)15-8-20-21(43-13-42-20)9-19(15)44-25/h3-4,7-9,17,22,25-29,34,38H,2,5-6,10-13H2,1H3,(H,35,36)(H3,31,32,33)/t17-,22-,25+,26-,27-,28-,29-/m1/s1. The van der Waals surface area contributed by atoms with Crippen LogP contribution in [0.3, 0.4) is 0 Å². The highest BCUT2D eigenvalue weighted by Crippen LogP contribution is 2.54. The predicted octanol–water partition coefficient (Wildman–Crippen LogP) is 0.0410. The van der Waals surface area contributed by atoms with Gasteiger partial charge in [0.05, 0.1) is 12.5 Å². The van der Waals surface area contributed by atoms with Crippen molar-refractivity contribution in [3.05, 3.63) is 41.5 Å². The molecule has 0 radical (unpaired) electrons. The number of carbonyl (C=O) groups is 2. The maximum Gasteiger partial charge on any atom is 0.317 e. The molecule has 4 aliphatic rings. The third-order valence-corrected chi connectivity index (χ3v) is 7.95. The highest BCUT2D eigenvalue weighted by molar-refractivity contribution is 5.90. The molecular formula is C30H35N3O15. The second-order valence-electron chi connectivity index (χ2n) is 11.1. The van der Waals surface area contributed by atoms with Crippen molar-refractivity contribution in [1.29, 1.82) is 0 Å². The summed E-state index contributed by atoms with van der Waals surface area (Å²) < 4.78 is 40.0. The van der Waals surface area contributed by atoms with Gasteiger partial charge in [-0.1, -0.05) is 0 Å². The molecule has 4 aliphatic heterocycles. The van der Waals surface area contributed by atoms with Gasteiger partial charge in [0, 0.05) is 37.5 Å². The first-order valence-corrected chi connectivity index (χ1v) is 15.0. The third-order valence-electron chi connectivity index (χ3n) is 7.95. The number of aliphatic hydroxyl groups excluding tert-OH is 2. The fourth-order valence-electron chi connectivity index (χ4n) is 5.67. The molecule has 18 nitrogen and oxygen atoms in total. The van der Waals surface area contributed by atoms with E-state index in [0.717, 1.165) is 5.56 Å². The van der Waals surface area contributed by atoms with Crippen molar-refractivity contribution in [3.63, 3.8) is 0 Å². The molecule has 18 heteroatoms. The number of aliphatic hydroxyl groups is 2. The van der Waals surface area contributed by atoms with E-state index in [1.807, 2.05) is 6.07 Å². The van der Waals surface area contributed by atoms with Crippen LogP contribution in [0.4, 0.5) is 0 Å². The van der Waals surface area contributed by atoms with Gasteiger partial charge in [0.1, 0.15) is 48.9 Å². The Kier molecular flexibility index (Phi) is 10.2. The van der Waals surface area contributed by atoms with Gasteiger partial charge in [0.25, 0.3) is 0 Å². The van der Waals surface area contributed by atoms with E-state index in [9.17, 15) is 19.8 Å². The minimum Gasteiger partial charge on any atom is -0.492 e. The van der Waals surface area contributed by atoms with E-state index in [0.29, 0.717) is 35.2 Å². The molecule has 1 saturated heterocycles. The van der Waals surface area contributed by atoms with E-state index in [1.165, 1.54) is 7.05 Å². The molecule has 0 bridgehead atoms. The maximum absolute atomic E-state index is 11.9. The molecule has 0 amide bonds. The van der Waals surface area contributed by atoms with Crippen LogP contribution in [0.2, 0.25) is 0 Å². The first-order chi connectivity index (χ1) is 23.2. The normalized spacial score (nSPS) is 26.7. The number of rotatable bonds is 13. The fourth-order valence-corrected chi connectivity index (χ4v) is 5.67. The number of aliphatic imine (C=N–C) groups is 1. The number of carbonyl (C=O) groups excluding carboxylic acids is 1. The van der Waals surface area contributed by atoms with Crippen molar-refractivity contribution >= 4 is 17.9 Å². The number of hydrogen-bond acceptors (Lipinski definition) is 15. The molecule has 0 aromatic heterocycles. The molecule has 4 heterocycles. The van der Waals surface area contributed by atoms with Gasteiger partial charge in [0.15, 0.2) is 29.6 Å². The summed E-state index contributed by atoms with van der Waals surface area (Å²) in [4.78, 5) is 43.7. The molecule has 6 N–H and O–H groups in total. The van der Waals surface area contributed by atoms with Crippen LogP contribution in [0.25, 0.3) is 0 Å². The van der Waals surface area contributed by atoms with E-state index < -0.39 is 61.8 Å². The van der Waals surface area contributed by atoms with Gasteiger partial charge in [-0.25, -0.2) is 5.48 Å². The van der Waals surface area contributed by atoms with Crippen molar-refractivity contribution in [2.75, 3.05) is 40.3 Å². The smallest absolute Gasteiger partial charge is 0.317 e. The number of hydrogen-bond donors (Lipinski definition) is 5. The van der Waals surface area contributed by atoms with E-state index in [1.54, 1.807) is 24.3 Å². The highest BCUT2D eigenvalue weighted by Gasteiger charge is 2.50. The number of nitrogens with one attached hydrogen (secondary N) is 1. The van der Waals surface area contributed by atoms with Crippen LogP contribution in [-0.2, 0) is 33.5 Å². The summed E-state index contributed by atoms with van der Waals surface area (Å²) in [7, 11) is 1.41. The number of nitrogens with two attached hydrogens (primary N) is 1. The summed E-state index contributed by atoms with van der Waals surface area (Å²) in [5.74, 6) is 0.0506. The Balaban J connectivity index is 1.19. The average molecular weight is 678 g/mol. The molecule has 0 unspecified atom stereocenters. The molecule has 260 valence electrons. The number of ether oxygens (including phenoxy) is 7. The lowest BCUT2D eigenvalue weighted by Crippen LogP contribution is -2.63. The van der Waals surface area contributed by atoms with Gasteiger partial charge in [-0.05, 0) is 30.7 Å². The molecule has 6 rings (SSSR count). The Morgan fingerprint density at radius 2 is 1.85 bits per heavy atom. The van der Waals surface area contributed by atoms with Crippen LogP contribution >= 0.6 is 0 Å². The lowest BCUT2D eigenvalue weighted by Gasteiger charge is -2.42. The van der Waals surface area contributed by atoms with Gasteiger partial charge in [-0.3, -0.25) is 19.4 Å². The molecule has 48 heavy (non-hydrogen) atoms. The molecule has 7 atom stereocenters. The first-order valence-electron chi connectivity index (χ1n) is 15.0. The van der Waals surface area contributed by atoms with E-state index in [2.05, 4.69) is 10.5 Å². The Bertz CT molecular complexity index is 1520. The molecule has 2 aromatic rings. The van der Waals surface area contributed by atoms with E-state index >= 15 is 0 Å². The van der Waals surface area contributed by atoms with Gasteiger partial charge in [0.2, 0.25) is 12.8 Å². The number of guanidine groups is 1. The molecule has 0 spiro atoms. The quantitative estimate of drug-likeness (QED) is 0.0358. The van der Waals surface area contributed by atoms with Crippen LogP contribution in [0.15, 0.2) is 35.3 Å². The van der Waals surface area contributed by atoms with Crippen molar-refractivity contribution < 1.29 is 72.7 Å². The summed E-state index contributed by atoms with van der Waals surface area (Å²) in [5.41, 5.74) is 9.82. The topological polar surface area (TPSA) is 238 Å². The molecule has 1 fully saturated rings. The number of carboxylic acid groups (broad SMARTS) is 1. The third kappa shape index (κ3) is 7.13. The Hall–Kier alpha value is -4.59. The van der Waals surface area contributed by atoms with Gasteiger partial charge in [-0.15, -0.1) is 0 Å². The number of carboxylic acids is 1. The minimum atomic E-state index is -1.73. The molecule has 0 aliphatic carbocycles. The summed E-state index contributed by atoms with van der Waals surface area (Å²) in [5, 5.41) is 29.2. The van der Waals surface area contributed by atoms with E-state index in [-0.39, 0.29) is 44.1 Å². The maximum atomic E-state index is 11.9. The number of fused-ring (bicyclic) bond motifs is 6. The van der Waals surface area contributed by atoms with Crippen LogP contribution in [0.5, 0.6) is 28.7 Å². The largest absolute Gasteiger partial charge is 0.492 e. The van der Waals surface area contributed by atoms with Gasteiger partial charge in [-0.2, -0.15) is 4.89 Å². The zero-order valence-electron chi connectivity index (χ0n) is 25.6. The zero-order valence-corrected chi connectivity index (χ0v) is 25.6. The number of hydroxylamine groups is 1. The Labute approximate surface area is 273 Å². The second kappa shape index (κ2) is 14.7. The van der Waals surface area contributed by atoms with E-state index in [4.69, 9.17) is 58.6 Å². The number of nitrogens with zero attached hydrogens (tertiary/aromatic N) is 1. The number of aliphatic carboxylic acids is 1. The average Bonchev–Trinajstić information content (AvgIpc) is 3.68. The van der Waals surface area contributed by atoms with Crippen LogP contribution in [0.1, 0.15) is 36.0 Å². The molecular weight excluding hydrogens is 642 g/mol.